The number of aliphatic hydroxyl groups is 3. The Morgan fingerprint density at radius 2 is 0.762 bits per heavy atom. The van der Waals surface area contributed by atoms with Crippen LogP contribution in [0.1, 0.15) is 95.4 Å². The Hall–Kier alpha value is -13.1. The number of nitrogens with zero attached hydrogens (tertiary/aromatic N) is 7. The number of carbonyl (C=O) groups excluding carboxylic acids is 12. The number of hydrogen-bond acceptors (Lipinski definition) is 28. The van der Waals surface area contributed by atoms with Crippen LogP contribution < -0.4 is 53.2 Å². The monoisotopic (exact) mass is 1850 g/mol. The molecule has 16 N–H and O–H groups in total. The van der Waals surface area contributed by atoms with Crippen LogP contribution in [0, 0.1) is 107 Å². The molecule has 6 aliphatic heterocycles. The second-order valence-corrected chi connectivity index (χ2v) is 31.5. The molecule has 11 amide bonds. The number of halogens is 11. The molecule has 6 fully saturated rings. The van der Waals surface area contributed by atoms with Gasteiger partial charge in [-0.1, -0.05) is 13.8 Å². The van der Waals surface area contributed by atoms with Crippen molar-refractivity contribution in [3.63, 3.8) is 0 Å². The van der Waals surface area contributed by atoms with Gasteiger partial charge in [0.1, 0.15) is 47.5 Å². The van der Waals surface area contributed by atoms with Gasteiger partial charge in [0, 0.05) is 72.7 Å². The number of carbonyl (C=O) groups is 12. The minimum absolute atomic E-state index is 0.0839. The molecule has 0 spiro atoms. The second-order valence-electron chi connectivity index (χ2n) is 31.5. The fourth-order valence-electron chi connectivity index (χ4n) is 14.5. The largest absolute Gasteiger partial charge is 0.505 e. The van der Waals surface area contributed by atoms with Crippen molar-refractivity contribution in [1.29, 1.82) is 0 Å². The van der Waals surface area contributed by atoms with Gasteiger partial charge in [-0.05, 0) is 77.4 Å². The molecule has 0 radical (unpaired) electrons. The van der Waals surface area contributed by atoms with Gasteiger partial charge in [-0.15, -0.1) is 0 Å². The van der Waals surface area contributed by atoms with Crippen LogP contribution in [0.4, 0.5) is 48.3 Å². The lowest BCUT2D eigenvalue weighted by Gasteiger charge is -2.41. The lowest BCUT2D eigenvalue weighted by Crippen LogP contribution is -2.65. The zero-order valence-electron chi connectivity index (χ0n) is 69.7. The average Bonchev–Trinajstić information content (AvgIpc) is 0.747. The number of pyridine rings is 6. The number of cyclic esters (lactones) is 1. The van der Waals surface area contributed by atoms with Crippen LogP contribution in [0.2, 0.25) is 0 Å². The van der Waals surface area contributed by atoms with Crippen LogP contribution in [-0.4, -0.2) is 274 Å². The van der Waals surface area contributed by atoms with Crippen molar-refractivity contribution >= 4 is 70.9 Å². The number of aliphatic hydroxyl groups excluding tert-OH is 3. The molecule has 6 saturated heterocycles. The summed E-state index contributed by atoms with van der Waals surface area (Å²) in [5, 5.41) is 88.0. The van der Waals surface area contributed by atoms with E-state index >= 15 is 0 Å². The van der Waals surface area contributed by atoms with Crippen LogP contribution in [0.25, 0.3) is 0 Å². The van der Waals surface area contributed by atoms with Crippen molar-refractivity contribution in [2.24, 2.45) is 35.5 Å². The van der Waals surface area contributed by atoms with Crippen LogP contribution in [0.3, 0.4) is 0 Å². The van der Waals surface area contributed by atoms with E-state index in [0.717, 1.165) is 11.0 Å². The smallest absolute Gasteiger partial charge is 0.312 e. The van der Waals surface area contributed by atoms with Gasteiger partial charge in [-0.25, -0.2) is 33.1 Å². The Labute approximate surface area is 728 Å². The van der Waals surface area contributed by atoms with Crippen molar-refractivity contribution in [3.05, 3.63) is 159 Å². The normalized spacial score (nSPS) is 27.1. The number of esters is 1. The summed E-state index contributed by atoms with van der Waals surface area (Å²) in [7, 11) is 1.31. The molecule has 0 aliphatic carbocycles. The van der Waals surface area contributed by atoms with E-state index in [1.54, 1.807) is 0 Å². The molecule has 6 aromatic heterocycles. The summed E-state index contributed by atoms with van der Waals surface area (Å²) < 4.78 is 177. The molecule has 50 heteroatoms. The number of hydrogen-bond donors (Lipinski definition) is 16. The number of aromatic nitrogens is 6. The van der Waals surface area contributed by atoms with Gasteiger partial charge in [0.25, 0.3) is 41.5 Å². The van der Waals surface area contributed by atoms with Crippen molar-refractivity contribution in [1.82, 2.24) is 88.0 Å². The number of likely N-dealkylation sites (N-methyl/N-ethyl adjacent to an activating group) is 1. The molecule has 0 saturated carbocycles. The number of amides is 11. The van der Waals surface area contributed by atoms with Crippen molar-refractivity contribution in [2.75, 3.05) is 46.7 Å². The minimum Gasteiger partial charge on any atom is -0.505 e. The molecule has 3 unspecified atom stereocenters. The van der Waals surface area contributed by atoms with Crippen molar-refractivity contribution in [2.45, 2.75) is 159 Å². The van der Waals surface area contributed by atoms with Crippen molar-refractivity contribution < 1.29 is 155 Å². The fourth-order valence-corrected chi connectivity index (χ4v) is 14.5. The summed E-state index contributed by atoms with van der Waals surface area (Å²) in [6.07, 6.45) is -6.06. The lowest BCUT2D eigenvalue weighted by atomic mass is 9.89. The fraction of sp³-hybridized carbons (Fsp3) is 0.475. The standard InChI is InChI=1S/C27H30F4N6O7.C27H30F3N5O8.C26H28F4N6O7/c1-10-21(39)14(7-13-16(28)17(29)23(31)36-22(13)30)34-24(40)18(35-25(41)19-15(38)5-4-6-32-19)11(2)33-26(42)20(12-8-44-9-12)37(3)27(10)43;1-10-21(37)15(7-14-11(2)32-23(30)18(29)17(14)28)34-24(38)19(35-25(39)20-16(36)5-4-6-31-20)12(3)33-26(40)22(43-27(10)41)13-8-42-9-13;1-9-20(38)13(6-12-15(27)16(28)22(30)36-21(12)29)33-24(40)17(34-26(42)19-14(37)4-3-5-31-19)10(2)32-25(41)18(35-23(9)39)11-7-43-8-11/h4-6,10-12,14,18,20-21,38-39H,7-9H2,1-3H3,(H,33,42)(H,34,40)(H,35,41);4-6,10,12-13,15,19,21-22,36-37H,7-9H2,1-3H3,(H,33,40)(H,34,38)(H,35,39);3-5,9-11,13,17-18,20,37-38H,6-8H2,1-2H3,(H,32,41)(H,33,40)(H,34,42)(H,35,39)/t10-,11-,14+,18+,20?,21+;10-,12-,15+,19+,21+,22?;9-,10-,13+,17+,18?,20+/m111/s1. The van der Waals surface area contributed by atoms with Crippen LogP contribution in [0.5, 0.6) is 17.2 Å². The summed E-state index contributed by atoms with van der Waals surface area (Å²) >= 11 is 0. The first kappa shape index (κ1) is 99.1. The first-order valence-electron chi connectivity index (χ1n) is 39.9. The van der Waals surface area contributed by atoms with E-state index in [4.69, 9.17) is 18.9 Å². The van der Waals surface area contributed by atoms with Crippen LogP contribution >= 0.6 is 0 Å². The Balaban J connectivity index is 0.000000203. The van der Waals surface area contributed by atoms with E-state index in [0.29, 0.717) is 0 Å². The lowest BCUT2D eigenvalue weighted by molar-refractivity contribution is -0.178. The maximum absolute atomic E-state index is 14.8. The highest BCUT2D eigenvalue weighted by Gasteiger charge is 2.49. The minimum atomic E-state index is -2.10. The number of aryl methyl sites for hydroxylation is 1. The third-order valence-electron chi connectivity index (χ3n) is 22.5. The van der Waals surface area contributed by atoms with Crippen molar-refractivity contribution in [3.8, 4) is 17.2 Å². The molecular weight excluding hydrogens is 1760 g/mol. The number of ether oxygens (including phenoxy) is 4. The van der Waals surface area contributed by atoms with Gasteiger partial charge < -0.3 is 108 Å². The molecule has 12 rings (SSSR count). The molecule has 18 atom stereocenters. The maximum atomic E-state index is 14.8. The summed E-state index contributed by atoms with van der Waals surface area (Å²) in [4.78, 5) is 180. The molecule has 0 aromatic carbocycles. The van der Waals surface area contributed by atoms with E-state index in [2.05, 4.69) is 83.1 Å². The maximum Gasteiger partial charge on any atom is 0.312 e. The number of nitrogens with one attached hydrogen (secondary N) is 10. The van der Waals surface area contributed by atoms with E-state index in [-0.39, 0.29) is 45.3 Å². The van der Waals surface area contributed by atoms with Crippen LogP contribution in [0.15, 0.2) is 55.0 Å². The third-order valence-corrected chi connectivity index (χ3v) is 22.5. The first-order chi connectivity index (χ1) is 61.3. The zero-order valence-corrected chi connectivity index (χ0v) is 69.7. The Bertz CT molecular complexity index is 5110. The van der Waals surface area contributed by atoms with Gasteiger partial charge in [0.15, 0.2) is 40.6 Å². The van der Waals surface area contributed by atoms with E-state index in [1.807, 2.05) is 0 Å². The second kappa shape index (κ2) is 42.4. The third kappa shape index (κ3) is 22.4. The predicted molar refractivity (Wildman–Crippen MR) is 415 cm³/mol. The van der Waals surface area contributed by atoms with E-state index < -0.39 is 332 Å². The molecule has 6 aliphatic rings. The highest BCUT2D eigenvalue weighted by Crippen LogP contribution is 2.31. The topological polar surface area (TPSA) is 564 Å². The highest BCUT2D eigenvalue weighted by molar-refractivity contribution is 6.01. The van der Waals surface area contributed by atoms with Crippen LogP contribution in [-0.2, 0) is 81.4 Å². The van der Waals surface area contributed by atoms with Gasteiger partial charge >= 0.3 is 5.97 Å². The summed E-state index contributed by atoms with van der Waals surface area (Å²) in [6.45, 7) is 9.51. The molecule has 702 valence electrons. The molecule has 39 nitrogen and oxygen atoms in total. The molecule has 130 heavy (non-hydrogen) atoms. The predicted octanol–water partition coefficient (Wildman–Crippen LogP) is -1.43. The van der Waals surface area contributed by atoms with E-state index in [9.17, 15) is 136 Å². The molecule has 6 aromatic rings. The average molecular weight is 1850 g/mol. The Kier molecular flexibility index (Phi) is 32.4. The summed E-state index contributed by atoms with van der Waals surface area (Å²) in [5.74, 6) is -39.5. The van der Waals surface area contributed by atoms with Gasteiger partial charge in [-0.3, -0.25) is 57.5 Å². The Morgan fingerprint density at radius 1 is 0.415 bits per heavy atom. The zero-order chi connectivity index (χ0) is 95.6. The SMILES string of the molecule is C[C@H]1NC(=O)C(C2COC2)N(C)C(=O)[C@H](C)[C@H](O)[C@H](Cc2c(F)nc(F)c(F)c2F)NC(=O)[C@H]1NC(=O)c1ncccc1O.C[C@H]1NC(=O)C(C2COC2)NC(=O)[C@H](C)[C@H](O)[C@H](Cc2c(F)nc(F)c(F)c2F)NC(=O)[C@H]1NC(=O)c1ncccc1O.Cc1nc(F)c(F)c(F)c1C[C@@H]1NC(=O)[C@@H](NC(=O)c2ncccc2O)[C@@H](C)NC(=O)C(C2COC2)OC(=O)[C@H](C)[C@@H]1O. The molecule has 12 heterocycles. The highest BCUT2D eigenvalue weighted by atomic mass is 19.2. The molecular formula is C80H88F11N17O22. The Morgan fingerprint density at radius 3 is 1.14 bits per heavy atom. The van der Waals surface area contributed by atoms with Gasteiger partial charge in [0.2, 0.25) is 70.7 Å². The number of aromatic hydroxyl groups is 3. The summed E-state index contributed by atoms with van der Waals surface area (Å²) in [5.41, 5.74) is -4.40. The quantitative estimate of drug-likeness (QED) is 0.0318. The van der Waals surface area contributed by atoms with Gasteiger partial charge in [-0.2, -0.15) is 45.1 Å². The molecule has 0 bridgehead atoms. The van der Waals surface area contributed by atoms with Gasteiger partial charge in [0.05, 0.1) is 118 Å². The number of rotatable bonds is 15. The first-order valence-corrected chi connectivity index (χ1v) is 39.9. The summed E-state index contributed by atoms with van der Waals surface area (Å²) in [6, 6.07) is -8.33. The van der Waals surface area contributed by atoms with E-state index in [1.165, 1.54) is 104 Å².